The van der Waals surface area contributed by atoms with Crippen molar-refractivity contribution in [2.75, 3.05) is 6.54 Å². The molecular weight excluding hydrogens is 230 g/mol. The van der Waals surface area contributed by atoms with Crippen LogP contribution >= 0.6 is 0 Å². The molecule has 19 heavy (non-hydrogen) atoms. The van der Waals surface area contributed by atoms with Gasteiger partial charge in [-0.2, -0.15) is 0 Å². The van der Waals surface area contributed by atoms with Gasteiger partial charge in [0.05, 0.1) is 0 Å². The molecule has 0 fully saturated rings. The van der Waals surface area contributed by atoms with Crippen LogP contribution in [0.3, 0.4) is 0 Å². The maximum Gasteiger partial charge on any atom is 0.00672 e. The number of hydrogen-bond acceptors (Lipinski definition) is 1. The molecule has 0 radical (unpaired) electrons. The normalized spacial score (nSPS) is 12.8. The maximum absolute atomic E-state index is 3.71. The van der Waals surface area contributed by atoms with E-state index in [4.69, 9.17) is 0 Å². The van der Waals surface area contributed by atoms with Crippen LogP contribution in [0.4, 0.5) is 0 Å². The fourth-order valence-electron chi connectivity index (χ4n) is 2.43. The first-order valence-electron chi connectivity index (χ1n) is 7.99. The smallest absolute Gasteiger partial charge is 0.00672 e. The maximum atomic E-state index is 3.71. The largest absolute Gasteiger partial charge is 0.314 e. The summed E-state index contributed by atoms with van der Waals surface area (Å²) in [6.07, 6.45) is 7.72. The minimum absolute atomic E-state index is 0.714. The molecule has 0 aliphatic carbocycles. The first-order valence-corrected chi connectivity index (χ1v) is 7.99. The Morgan fingerprint density at radius 3 is 2.37 bits per heavy atom. The van der Waals surface area contributed by atoms with E-state index in [1.165, 1.54) is 44.1 Å². The SMILES string of the molecule is CCCNC(CCCc1ccccc1)CCC(C)C. The summed E-state index contributed by atoms with van der Waals surface area (Å²) >= 11 is 0. The van der Waals surface area contributed by atoms with Crippen molar-refractivity contribution in [1.29, 1.82) is 0 Å². The second-order valence-electron chi connectivity index (χ2n) is 6.00. The Kier molecular flexibility index (Phi) is 8.57. The van der Waals surface area contributed by atoms with E-state index < -0.39 is 0 Å². The van der Waals surface area contributed by atoms with E-state index in [1.54, 1.807) is 0 Å². The van der Waals surface area contributed by atoms with E-state index in [1.807, 2.05) is 0 Å². The van der Waals surface area contributed by atoms with Gasteiger partial charge in [-0.15, -0.1) is 0 Å². The van der Waals surface area contributed by atoms with Crippen molar-refractivity contribution in [1.82, 2.24) is 5.32 Å². The van der Waals surface area contributed by atoms with Crippen LogP contribution in [0.2, 0.25) is 0 Å². The molecule has 0 aliphatic heterocycles. The van der Waals surface area contributed by atoms with Crippen LogP contribution in [-0.4, -0.2) is 12.6 Å². The molecule has 0 aromatic heterocycles. The zero-order valence-corrected chi connectivity index (χ0v) is 13.0. The molecule has 0 saturated heterocycles. The minimum atomic E-state index is 0.714. The molecule has 0 aliphatic rings. The summed E-state index contributed by atoms with van der Waals surface area (Å²) < 4.78 is 0. The van der Waals surface area contributed by atoms with Crippen molar-refractivity contribution in [3.63, 3.8) is 0 Å². The Bertz CT molecular complexity index is 305. The highest BCUT2D eigenvalue weighted by atomic mass is 14.9. The van der Waals surface area contributed by atoms with Crippen molar-refractivity contribution in [2.24, 2.45) is 5.92 Å². The fourth-order valence-corrected chi connectivity index (χ4v) is 2.43. The Morgan fingerprint density at radius 2 is 1.74 bits per heavy atom. The van der Waals surface area contributed by atoms with Crippen molar-refractivity contribution < 1.29 is 0 Å². The first kappa shape index (κ1) is 16.2. The molecule has 1 rings (SSSR count). The van der Waals surface area contributed by atoms with Crippen LogP contribution in [0.5, 0.6) is 0 Å². The Morgan fingerprint density at radius 1 is 1.00 bits per heavy atom. The average Bonchev–Trinajstić information content (AvgIpc) is 2.42. The highest BCUT2D eigenvalue weighted by Crippen LogP contribution is 2.13. The van der Waals surface area contributed by atoms with Gasteiger partial charge in [0, 0.05) is 6.04 Å². The number of rotatable bonds is 10. The van der Waals surface area contributed by atoms with Crippen LogP contribution in [0, 0.1) is 5.92 Å². The second-order valence-corrected chi connectivity index (χ2v) is 6.00. The van der Waals surface area contributed by atoms with E-state index in [-0.39, 0.29) is 0 Å². The van der Waals surface area contributed by atoms with Crippen molar-refractivity contribution in [3.05, 3.63) is 35.9 Å². The molecule has 1 aromatic carbocycles. The summed E-state index contributed by atoms with van der Waals surface area (Å²) in [4.78, 5) is 0. The number of nitrogens with one attached hydrogen (secondary N) is 1. The van der Waals surface area contributed by atoms with Crippen molar-refractivity contribution in [2.45, 2.75) is 65.3 Å². The van der Waals surface area contributed by atoms with Gasteiger partial charge in [0.25, 0.3) is 0 Å². The first-order chi connectivity index (χ1) is 9.22. The molecule has 1 aromatic rings. The van der Waals surface area contributed by atoms with Gasteiger partial charge in [-0.25, -0.2) is 0 Å². The lowest BCUT2D eigenvalue weighted by atomic mass is 9.98. The zero-order valence-electron chi connectivity index (χ0n) is 13.0. The molecule has 1 atom stereocenters. The van der Waals surface area contributed by atoms with Gasteiger partial charge < -0.3 is 5.32 Å². The summed E-state index contributed by atoms with van der Waals surface area (Å²) in [6.45, 7) is 8.05. The fraction of sp³-hybridized carbons (Fsp3) is 0.667. The monoisotopic (exact) mass is 261 g/mol. The van der Waals surface area contributed by atoms with Gasteiger partial charge in [0.2, 0.25) is 0 Å². The van der Waals surface area contributed by atoms with E-state index in [9.17, 15) is 0 Å². The molecule has 1 unspecified atom stereocenters. The minimum Gasteiger partial charge on any atom is -0.314 e. The second kappa shape index (κ2) is 10.0. The topological polar surface area (TPSA) is 12.0 Å². The predicted octanol–water partition coefficient (Wildman–Crippen LogP) is 4.81. The molecule has 0 amide bonds. The van der Waals surface area contributed by atoms with Gasteiger partial charge in [-0.05, 0) is 56.6 Å². The molecular formula is C18H31N. The highest BCUT2D eigenvalue weighted by molar-refractivity contribution is 5.14. The van der Waals surface area contributed by atoms with Crippen LogP contribution in [0.1, 0.15) is 58.4 Å². The number of aryl methyl sites for hydroxylation is 1. The average molecular weight is 261 g/mol. The number of hydrogen-bond donors (Lipinski definition) is 1. The lowest BCUT2D eigenvalue weighted by molar-refractivity contribution is 0.403. The zero-order chi connectivity index (χ0) is 13.9. The van der Waals surface area contributed by atoms with Gasteiger partial charge in [-0.1, -0.05) is 51.1 Å². The molecule has 0 bridgehead atoms. The quantitative estimate of drug-likeness (QED) is 0.637. The third kappa shape index (κ3) is 8.05. The predicted molar refractivity (Wildman–Crippen MR) is 85.5 cm³/mol. The summed E-state index contributed by atoms with van der Waals surface area (Å²) in [7, 11) is 0. The van der Waals surface area contributed by atoms with Gasteiger partial charge in [0.15, 0.2) is 0 Å². The summed E-state index contributed by atoms with van der Waals surface area (Å²) in [5, 5.41) is 3.71. The van der Waals surface area contributed by atoms with Crippen LogP contribution in [0.25, 0.3) is 0 Å². The van der Waals surface area contributed by atoms with Crippen molar-refractivity contribution >= 4 is 0 Å². The van der Waals surface area contributed by atoms with Gasteiger partial charge >= 0.3 is 0 Å². The number of benzene rings is 1. The lowest BCUT2D eigenvalue weighted by Crippen LogP contribution is -2.30. The molecule has 0 spiro atoms. The summed E-state index contributed by atoms with van der Waals surface area (Å²) in [5.41, 5.74) is 1.47. The van der Waals surface area contributed by atoms with Gasteiger partial charge in [0.1, 0.15) is 0 Å². The highest BCUT2D eigenvalue weighted by Gasteiger charge is 2.08. The van der Waals surface area contributed by atoms with Gasteiger partial charge in [-0.3, -0.25) is 0 Å². The van der Waals surface area contributed by atoms with E-state index >= 15 is 0 Å². The third-order valence-corrected chi connectivity index (χ3v) is 3.64. The molecule has 1 N–H and O–H groups in total. The standard InChI is InChI=1S/C18H31N/c1-4-15-19-18(14-13-16(2)3)12-8-11-17-9-6-5-7-10-17/h5-7,9-10,16,18-19H,4,8,11-15H2,1-3H3. The molecule has 1 heteroatoms. The van der Waals surface area contributed by atoms with E-state index in [0.29, 0.717) is 6.04 Å². The Balaban J connectivity index is 2.26. The molecule has 1 nitrogen and oxygen atoms in total. The van der Waals surface area contributed by atoms with E-state index in [2.05, 4.69) is 56.4 Å². The Labute approximate surface area is 119 Å². The summed E-state index contributed by atoms with van der Waals surface area (Å²) in [5.74, 6) is 0.819. The molecule has 0 saturated carbocycles. The summed E-state index contributed by atoms with van der Waals surface area (Å²) in [6, 6.07) is 11.6. The van der Waals surface area contributed by atoms with Crippen LogP contribution in [0.15, 0.2) is 30.3 Å². The Hall–Kier alpha value is -0.820. The lowest BCUT2D eigenvalue weighted by Gasteiger charge is -2.19. The molecule has 0 heterocycles. The van der Waals surface area contributed by atoms with E-state index in [0.717, 1.165) is 12.5 Å². The van der Waals surface area contributed by atoms with Crippen molar-refractivity contribution in [3.8, 4) is 0 Å². The third-order valence-electron chi connectivity index (χ3n) is 3.64. The van der Waals surface area contributed by atoms with Crippen LogP contribution < -0.4 is 5.32 Å². The molecule has 108 valence electrons. The van der Waals surface area contributed by atoms with Crippen LogP contribution in [-0.2, 0) is 6.42 Å².